The van der Waals surface area contributed by atoms with Crippen LogP contribution in [0.25, 0.3) is 11.4 Å². The lowest BCUT2D eigenvalue weighted by atomic mass is 9.91. The number of rotatable bonds is 8. The van der Waals surface area contributed by atoms with Crippen LogP contribution in [0.15, 0.2) is 41.1 Å². The molecular weight excluding hydrogens is 584 g/mol. The van der Waals surface area contributed by atoms with Crippen LogP contribution in [-0.4, -0.2) is 60.0 Å². The van der Waals surface area contributed by atoms with E-state index in [4.69, 9.17) is 4.52 Å². The molecule has 2 amide bonds. The molecule has 0 spiro atoms. The van der Waals surface area contributed by atoms with Crippen LogP contribution in [-0.2, 0) is 12.8 Å². The number of urea groups is 1. The molecule has 0 aliphatic heterocycles. The Kier molecular flexibility index (Phi) is 8.37. The van der Waals surface area contributed by atoms with Gasteiger partial charge in [0.1, 0.15) is 5.82 Å². The number of hydrogen-bond donors (Lipinski definition) is 4. The third-order valence-electron chi connectivity index (χ3n) is 9.38. The minimum Gasteiger partial charge on any atom is -0.351 e. The molecule has 240 valence electrons. The van der Waals surface area contributed by atoms with Gasteiger partial charge < -0.3 is 25.8 Å². The second-order valence-electron chi connectivity index (χ2n) is 12.8. The van der Waals surface area contributed by atoms with Crippen LogP contribution >= 0.6 is 0 Å². The van der Waals surface area contributed by atoms with Gasteiger partial charge >= 0.3 is 6.03 Å². The minimum atomic E-state index is -0.117. The highest BCUT2D eigenvalue weighted by Crippen LogP contribution is 2.35. The molecule has 4 aromatic rings. The maximum Gasteiger partial charge on any atom is 0.315 e. The summed E-state index contributed by atoms with van der Waals surface area (Å²) in [7, 11) is 0. The van der Waals surface area contributed by atoms with Crippen molar-refractivity contribution in [1.29, 1.82) is 0 Å². The fourth-order valence-corrected chi connectivity index (χ4v) is 7.10. The summed E-state index contributed by atoms with van der Waals surface area (Å²) in [6, 6.07) is 10.2. The Labute approximate surface area is 267 Å². The number of hydrogen-bond acceptors (Lipinski definition) is 10. The zero-order valence-electron chi connectivity index (χ0n) is 26.3. The van der Waals surface area contributed by atoms with E-state index in [-0.39, 0.29) is 30.1 Å². The van der Waals surface area contributed by atoms with Gasteiger partial charge in [-0.25, -0.2) is 14.5 Å². The van der Waals surface area contributed by atoms with Crippen LogP contribution in [0.3, 0.4) is 0 Å². The highest BCUT2D eigenvalue weighted by atomic mass is 16.5. The standard InChI is InChI=1S/C33H40N10O3/c1-19-35-31(42-46-19)23-8-7-22-16-27(17-24(22)15-23)38-33(45)37-26-11-9-25(10-12-26)36-32-34-14-13-29(40-32)39-30-18-28(21-5-3-4-6-21)43(41-30)20(2)44/h7-8,13-15,18,21,25-27H,3-6,9-12,16-17H2,1-2H3,(H2,37,38,45)(H2,34,36,39,40,41). The first-order valence-electron chi connectivity index (χ1n) is 16.3. The van der Waals surface area contributed by atoms with Crippen LogP contribution in [0.2, 0.25) is 0 Å². The predicted octanol–water partition coefficient (Wildman–Crippen LogP) is 5.28. The summed E-state index contributed by atoms with van der Waals surface area (Å²) in [5.41, 5.74) is 4.34. The Morgan fingerprint density at radius 3 is 2.39 bits per heavy atom. The first-order valence-corrected chi connectivity index (χ1v) is 16.3. The van der Waals surface area contributed by atoms with Crippen LogP contribution < -0.4 is 21.3 Å². The van der Waals surface area contributed by atoms with Gasteiger partial charge in [-0.2, -0.15) is 9.97 Å². The highest BCUT2D eigenvalue weighted by molar-refractivity contribution is 5.77. The van der Waals surface area contributed by atoms with Gasteiger partial charge in [-0.1, -0.05) is 30.1 Å². The minimum absolute atomic E-state index is 0.0545. The van der Waals surface area contributed by atoms with Gasteiger partial charge in [-0.3, -0.25) is 4.79 Å². The third kappa shape index (κ3) is 6.73. The summed E-state index contributed by atoms with van der Waals surface area (Å²) >= 11 is 0. The van der Waals surface area contributed by atoms with Crippen molar-refractivity contribution in [1.82, 2.24) is 40.5 Å². The molecule has 0 saturated heterocycles. The van der Waals surface area contributed by atoms with Gasteiger partial charge in [0.2, 0.25) is 23.6 Å². The van der Waals surface area contributed by atoms with E-state index in [9.17, 15) is 9.59 Å². The number of amides is 2. The number of fused-ring (bicyclic) bond motifs is 1. The molecule has 3 aliphatic carbocycles. The topological polar surface area (TPSA) is 165 Å². The van der Waals surface area contributed by atoms with Crippen molar-refractivity contribution < 1.29 is 14.1 Å². The molecule has 7 rings (SSSR count). The third-order valence-corrected chi connectivity index (χ3v) is 9.38. The summed E-state index contributed by atoms with van der Waals surface area (Å²) in [6.07, 6.45) is 11.4. The molecule has 0 bridgehead atoms. The van der Waals surface area contributed by atoms with Crippen molar-refractivity contribution >= 4 is 29.5 Å². The Morgan fingerprint density at radius 1 is 0.870 bits per heavy atom. The van der Waals surface area contributed by atoms with Crippen molar-refractivity contribution in [3.8, 4) is 11.4 Å². The molecule has 3 aromatic heterocycles. The van der Waals surface area contributed by atoms with Crippen LogP contribution in [0.1, 0.15) is 91.7 Å². The number of nitrogens with zero attached hydrogens (tertiary/aromatic N) is 6. The number of carbonyl (C=O) groups is 2. The number of nitrogens with one attached hydrogen (secondary N) is 4. The molecule has 13 nitrogen and oxygen atoms in total. The Morgan fingerprint density at radius 2 is 1.63 bits per heavy atom. The monoisotopic (exact) mass is 624 g/mol. The van der Waals surface area contributed by atoms with E-state index in [1.54, 1.807) is 26.1 Å². The van der Waals surface area contributed by atoms with Crippen LogP contribution in [0, 0.1) is 6.92 Å². The van der Waals surface area contributed by atoms with Gasteiger partial charge in [0.05, 0.1) is 5.69 Å². The lowest BCUT2D eigenvalue weighted by Crippen LogP contribution is -2.48. The lowest BCUT2D eigenvalue weighted by molar-refractivity contribution is 0.0916. The maximum atomic E-state index is 12.9. The average Bonchev–Trinajstić information content (AvgIpc) is 3.85. The van der Waals surface area contributed by atoms with Gasteiger partial charge in [0.25, 0.3) is 0 Å². The molecule has 3 aliphatic rings. The smallest absolute Gasteiger partial charge is 0.315 e. The zero-order chi connectivity index (χ0) is 31.6. The van der Waals surface area contributed by atoms with Crippen LogP contribution in [0.5, 0.6) is 0 Å². The van der Waals surface area contributed by atoms with Crippen molar-refractivity contribution in [2.75, 3.05) is 10.6 Å². The molecule has 1 aromatic carbocycles. The molecule has 1 unspecified atom stereocenters. The van der Waals surface area contributed by atoms with Gasteiger partial charge in [-0.15, -0.1) is 5.10 Å². The Hall–Kier alpha value is -4.81. The largest absolute Gasteiger partial charge is 0.351 e. The molecule has 3 heterocycles. The first-order chi connectivity index (χ1) is 22.4. The fourth-order valence-electron chi connectivity index (χ4n) is 7.10. The van der Waals surface area contributed by atoms with E-state index in [2.05, 4.69) is 58.6 Å². The van der Waals surface area contributed by atoms with E-state index < -0.39 is 0 Å². The molecule has 0 radical (unpaired) electrons. The number of anilines is 3. The molecule has 2 fully saturated rings. The summed E-state index contributed by atoms with van der Waals surface area (Å²) < 4.78 is 6.64. The summed E-state index contributed by atoms with van der Waals surface area (Å²) in [4.78, 5) is 38.5. The van der Waals surface area contributed by atoms with Crippen molar-refractivity contribution in [2.24, 2.45) is 0 Å². The SMILES string of the molecule is CC(=O)n1nc(Nc2ccnc(NC3CCC(NC(=O)NC4Cc5ccc(-c6noc(C)n6)cc5C4)CC3)n2)cc1C1CCCC1. The summed E-state index contributed by atoms with van der Waals surface area (Å²) in [5, 5.41) is 21.6. The average molecular weight is 625 g/mol. The summed E-state index contributed by atoms with van der Waals surface area (Å²) in [5.74, 6) is 3.17. The highest BCUT2D eigenvalue weighted by Gasteiger charge is 2.27. The molecule has 13 heteroatoms. The Balaban J connectivity index is 0.873. The fraction of sp³-hybridized carbons (Fsp3) is 0.485. The maximum absolute atomic E-state index is 12.9. The molecular formula is C33H40N10O3. The van der Waals surface area contributed by atoms with Gasteiger partial charge in [0.15, 0.2) is 5.82 Å². The molecule has 46 heavy (non-hydrogen) atoms. The second-order valence-corrected chi connectivity index (χ2v) is 12.8. The van der Waals surface area contributed by atoms with E-state index in [0.29, 0.717) is 35.2 Å². The quantitative estimate of drug-likeness (QED) is 0.203. The molecule has 1 atom stereocenters. The second kappa shape index (κ2) is 12.9. The van der Waals surface area contributed by atoms with E-state index in [1.165, 1.54) is 28.7 Å². The first kappa shape index (κ1) is 29.9. The van der Waals surface area contributed by atoms with E-state index in [1.807, 2.05) is 12.1 Å². The number of aryl methyl sites for hydroxylation is 1. The van der Waals surface area contributed by atoms with E-state index >= 15 is 0 Å². The zero-order valence-corrected chi connectivity index (χ0v) is 26.3. The molecule has 2 saturated carbocycles. The van der Waals surface area contributed by atoms with Gasteiger partial charge in [0, 0.05) is 55.7 Å². The summed E-state index contributed by atoms with van der Waals surface area (Å²) in [6.45, 7) is 3.32. The molecule has 4 N–H and O–H groups in total. The van der Waals surface area contributed by atoms with Crippen molar-refractivity contribution in [3.05, 3.63) is 59.2 Å². The van der Waals surface area contributed by atoms with Crippen molar-refractivity contribution in [3.63, 3.8) is 0 Å². The Bertz CT molecular complexity index is 1720. The number of benzene rings is 1. The van der Waals surface area contributed by atoms with E-state index in [0.717, 1.165) is 62.6 Å². The van der Waals surface area contributed by atoms with Gasteiger partial charge in [-0.05, 0) is 74.6 Å². The number of carbonyl (C=O) groups excluding carboxylic acids is 2. The van der Waals surface area contributed by atoms with Crippen molar-refractivity contribution in [2.45, 2.75) is 102 Å². The number of aromatic nitrogens is 6. The predicted molar refractivity (Wildman–Crippen MR) is 172 cm³/mol. The lowest BCUT2D eigenvalue weighted by Gasteiger charge is -2.30. The van der Waals surface area contributed by atoms with Crippen LogP contribution in [0.4, 0.5) is 22.4 Å². The normalized spacial score (nSPS) is 21.1.